The average Bonchev–Trinajstić information content (AvgIpc) is 2.86. The van der Waals surface area contributed by atoms with E-state index in [9.17, 15) is 35.9 Å². The Morgan fingerprint density at radius 2 is 1.62 bits per heavy atom. The quantitative estimate of drug-likeness (QED) is 0.463. The van der Waals surface area contributed by atoms with Crippen molar-refractivity contribution in [3.8, 4) is 0 Å². The van der Waals surface area contributed by atoms with E-state index in [-0.39, 0.29) is 17.0 Å². The first kappa shape index (κ1) is 30.4. The number of benzene rings is 2. The minimum absolute atomic E-state index is 0.0325. The lowest BCUT2D eigenvalue weighted by Crippen LogP contribution is -2.57. The first-order valence-corrected chi connectivity index (χ1v) is 12.5. The second kappa shape index (κ2) is 12.4. The number of hydrogen-bond donors (Lipinski definition) is 2. The van der Waals surface area contributed by atoms with Crippen LogP contribution in [0.1, 0.15) is 36.0 Å². The number of alkyl halides is 6. The average molecular weight is 559 g/mol. The maximum atomic E-state index is 13.3. The zero-order chi connectivity index (χ0) is 29.0. The van der Waals surface area contributed by atoms with Crippen LogP contribution in [0.15, 0.2) is 48.5 Å². The number of carbonyl (C=O) groups excluding carboxylic acids is 2. The van der Waals surface area contributed by atoms with E-state index in [4.69, 9.17) is 0 Å². The van der Waals surface area contributed by atoms with E-state index in [1.807, 2.05) is 45.3 Å². The van der Waals surface area contributed by atoms with Gasteiger partial charge in [0.2, 0.25) is 5.91 Å². The first-order valence-electron chi connectivity index (χ1n) is 12.5. The van der Waals surface area contributed by atoms with Gasteiger partial charge in [-0.15, -0.1) is 0 Å². The zero-order valence-electron chi connectivity index (χ0n) is 21.9. The van der Waals surface area contributed by atoms with E-state index in [0.717, 1.165) is 29.7 Å². The van der Waals surface area contributed by atoms with E-state index in [1.165, 1.54) is 0 Å². The molecule has 1 saturated carbocycles. The van der Waals surface area contributed by atoms with Gasteiger partial charge in [0.25, 0.3) is 0 Å². The third-order valence-corrected chi connectivity index (χ3v) is 6.86. The predicted octanol–water partition coefficient (Wildman–Crippen LogP) is 4.67. The number of amides is 2. The number of anilines is 1. The van der Waals surface area contributed by atoms with Crippen molar-refractivity contribution in [1.29, 1.82) is 0 Å². The second-order valence-corrected chi connectivity index (χ2v) is 10.0. The van der Waals surface area contributed by atoms with Crippen LogP contribution < -0.4 is 15.5 Å². The molecule has 2 aromatic rings. The van der Waals surface area contributed by atoms with Gasteiger partial charge in [-0.25, -0.2) is 0 Å². The molecular weight excluding hydrogens is 526 g/mol. The normalized spacial score (nSPS) is 20.1. The molecule has 0 radical (unpaired) electrons. The van der Waals surface area contributed by atoms with Gasteiger partial charge in [-0.3, -0.25) is 14.5 Å². The fourth-order valence-corrected chi connectivity index (χ4v) is 4.65. The number of rotatable bonds is 8. The number of nitrogens with one attached hydrogen (secondary N) is 2. The van der Waals surface area contributed by atoms with Crippen molar-refractivity contribution in [2.24, 2.45) is 0 Å². The predicted molar refractivity (Wildman–Crippen MR) is 135 cm³/mol. The molecule has 6 nitrogen and oxygen atoms in total. The summed E-state index contributed by atoms with van der Waals surface area (Å²) in [5, 5.41) is 6.15. The van der Waals surface area contributed by atoms with Crippen molar-refractivity contribution in [1.82, 2.24) is 15.5 Å². The molecule has 0 heterocycles. The Labute approximate surface area is 223 Å². The maximum absolute atomic E-state index is 13.3. The first-order chi connectivity index (χ1) is 18.1. The minimum atomic E-state index is -5.39. The Bertz CT molecular complexity index is 1130. The molecule has 3 unspecified atom stereocenters. The molecule has 0 saturated heterocycles. The molecule has 214 valence electrons. The van der Waals surface area contributed by atoms with Crippen molar-refractivity contribution in [2.75, 3.05) is 25.5 Å². The van der Waals surface area contributed by atoms with Gasteiger partial charge in [0.15, 0.2) is 0 Å². The van der Waals surface area contributed by atoms with E-state index >= 15 is 0 Å². The van der Waals surface area contributed by atoms with Crippen LogP contribution in [0.25, 0.3) is 0 Å². The Morgan fingerprint density at radius 3 is 2.21 bits per heavy atom. The third kappa shape index (κ3) is 8.43. The van der Waals surface area contributed by atoms with Gasteiger partial charge < -0.3 is 15.5 Å². The van der Waals surface area contributed by atoms with E-state index in [2.05, 4.69) is 15.5 Å². The van der Waals surface area contributed by atoms with Gasteiger partial charge in [0, 0.05) is 30.4 Å². The molecule has 3 atom stereocenters. The summed E-state index contributed by atoms with van der Waals surface area (Å²) in [4.78, 5) is 27.2. The lowest BCUT2D eigenvalue weighted by molar-refractivity contribution is -0.170. The molecule has 0 bridgehead atoms. The van der Waals surface area contributed by atoms with Gasteiger partial charge in [0.1, 0.15) is 6.54 Å². The molecule has 39 heavy (non-hydrogen) atoms. The lowest BCUT2D eigenvalue weighted by atomic mass is 9.85. The van der Waals surface area contributed by atoms with Crippen molar-refractivity contribution in [3.63, 3.8) is 0 Å². The van der Waals surface area contributed by atoms with Crippen LogP contribution in [-0.2, 0) is 22.3 Å². The van der Waals surface area contributed by atoms with Gasteiger partial charge in [-0.1, -0.05) is 35.9 Å². The van der Waals surface area contributed by atoms with E-state index < -0.39 is 48.0 Å². The van der Waals surface area contributed by atoms with Gasteiger partial charge in [-0.05, 0) is 64.0 Å². The molecule has 12 heteroatoms. The SMILES string of the molecule is Cc1ccc(CNC2CC(N(C)C)CCC2NC(=O)CN(C(=O)C(F)(F)F)c2cccc(C(F)(F)F)c2)cc1. The monoisotopic (exact) mass is 558 g/mol. The second-order valence-electron chi connectivity index (χ2n) is 10.0. The van der Waals surface area contributed by atoms with Gasteiger partial charge in [-0.2, -0.15) is 26.3 Å². The molecule has 0 aliphatic heterocycles. The summed E-state index contributed by atoms with van der Waals surface area (Å²) >= 11 is 0. The highest BCUT2D eigenvalue weighted by Gasteiger charge is 2.44. The van der Waals surface area contributed by atoms with E-state index in [0.29, 0.717) is 31.5 Å². The molecule has 2 N–H and O–H groups in total. The van der Waals surface area contributed by atoms with Crippen LogP contribution in [0.3, 0.4) is 0 Å². The van der Waals surface area contributed by atoms with Crippen LogP contribution in [0, 0.1) is 6.92 Å². The highest BCUT2D eigenvalue weighted by atomic mass is 19.4. The summed E-state index contributed by atoms with van der Waals surface area (Å²) in [6.07, 6.45) is -8.33. The van der Waals surface area contributed by atoms with Crippen LogP contribution in [0.4, 0.5) is 32.0 Å². The molecule has 0 spiro atoms. The Hall–Kier alpha value is -3.12. The number of halogens is 6. The summed E-state index contributed by atoms with van der Waals surface area (Å²) in [6, 6.07) is 10.3. The third-order valence-electron chi connectivity index (χ3n) is 6.86. The molecular formula is C27H32F6N4O2. The number of nitrogens with zero attached hydrogens (tertiary/aromatic N) is 2. The highest BCUT2D eigenvalue weighted by molar-refractivity contribution is 6.01. The van der Waals surface area contributed by atoms with Crippen LogP contribution in [-0.4, -0.2) is 61.7 Å². The molecule has 1 aliphatic carbocycles. The van der Waals surface area contributed by atoms with E-state index in [1.54, 1.807) is 0 Å². The summed E-state index contributed by atoms with van der Waals surface area (Å²) < 4.78 is 79.5. The molecule has 1 aliphatic rings. The van der Waals surface area contributed by atoms with Crippen LogP contribution in [0.5, 0.6) is 0 Å². The molecule has 3 rings (SSSR count). The Balaban J connectivity index is 1.78. The van der Waals surface area contributed by atoms with Gasteiger partial charge in [0.05, 0.1) is 5.56 Å². The minimum Gasteiger partial charge on any atom is -0.350 e. The number of carbonyl (C=O) groups is 2. The fraction of sp³-hybridized carbons (Fsp3) is 0.481. The lowest BCUT2D eigenvalue weighted by Gasteiger charge is -2.40. The molecule has 0 aromatic heterocycles. The van der Waals surface area contributed by atoms with Crippen molar-refractivity contribution in [3.05, 3.63) is 65.2 Å². The molecule has 2 aromatic carbocycles. The molecule has 1 fully saturated rings. The summed E-state index contributed by atoms with van der Waals surface area (Å²) in [7, 11) is 3.88. The topological polar surface area (TPSA) is 64.7 Å². The summed E-state index contributed by atoms with van der Waals surface area (Å²) in [5.74, 6) is -3.33. The number of hydrogen-bond acceptors (Lipinski definition) is 4. The summed E-state index contributed by atoms with van der Waals surface area (Å²) in [5.41, 5.74) is 0.215. The Kier molecular flexibility index (Phi) is 9.65. The zero-order valence-corrected chi connectivity index (χ0v) is 21.9. The standard InChI is InChI=1S/C27H32F6N4O2/c1-17-7-9-18(10-8-17)15-34-23-14-20(36(2)3)11-12-22(23)35-24(38)16-37(25(39)27(31,32)33)21-6-4-5-19(13-21)26(28,29)30/h4-10,13,20,22-23,34H,11-12,14-16H2,1-3H3,(H,35,38). The van der Waals surface area contributed by atoms with Gasteiger partial charge >= 0.3 is 18.3 Å². The largest absolute Gasteiger partial charge is 0.471 e. The molecule has 2 amide bonds. The Morgan fingerprint density at radius 1 is 0.949 bits per heavy atom. The summed E-state index contributed by atoms with van der Waals surface area (Å²) in [6.45, 7) is 1.39. The van der Waals surface area contributed by atoms with Crippen LogP contribution in [0.2, 0.25) is 0 Å². The fourth-order valence-electron chi connectivity index (χ4n) is 4.65. The van der Waals surface area contributed by atoms with Crippen molar-refractivity contribution < 1.29 is 35.9 Å². The smallest absolute Gasteiger partial charge is 0.350 e. The van der Waals surface area contributed by atoms with Crippen molar-refractivity contribution in [2.45, 2.75) is 63.2 Å². The van der Waals surface area contributed by atoms with Crippen molar-refractivity contribution >= 4 is 17.5 Å². The maximum Gasteiger partial charge on any atom is 0.471 e. The van der Waals surface area contributed by atoms with Crippen LogP contribution >= 0.6 is 0 Å². The number of aryl methyl sites for hydroxylation is 1. The highest BCUT2D eigenvalue weighted by Crippen LogP contribution is 2.33.